The fraction of sp³-hybridized carbons (Fsp3) is 0.500. The highest BCUT2D eigenvalue weighted by atomic mass is 16.5. The highest BCUT2D eigenvalue weighted by Crippen LogP contribution is 2.17. The Morgan fingerprint density at radius 2 is 2.03 bits per heavy atom. The molecule has 0 aliphatic carbocycles. The van der Waals surface area contributed by atoms with Crippen LogP contribution in [0.4, 0.5) is 0 Å². The van der Waals surface area contributed by atoms with E-state index < -0.39 is 0 Å². The number of ether oxygens (including phenoxy) is 1. The van der Waals surface area contributed by atoms with Crippen molar-refractivity contribution in [2.24, 2.45) is 0 Å². The second-order valence-electron chi connectivity index (χ2n) is 7.59. The standard InChI is InChI=1S/C22H31N5O2/c1-17(15-19-7-5-4-6-8-19)16-26-11-9-20-24-25-22(27(20)13-12-26)18(2)23-21(28)10-14-29-3/h4-8,15,18H,9-14,16H2,1-3H3,(H,23,28)/b17-15+. The molecule has 0 radical (unpaired) electrons. The van der Waals surface area contributed by atoms with Gasteiger partial charge in [0.15, 0.2) is 5.82 Å². The van der Waals surface area contributed by atoms with E-state index in [2.05, 4.69) is 62.2 Å². The molecule has 7 heteroatoms. The van der Waals surface area contributed by atoms with Crippen LogP contribution >= 0.6 is 0 Å². The molecule has 156 valence electrons. The highest BCUT2D eigenvalue weighted by molar-refractivity contribution is 5.76. The molecule has 1 aliphatic rings. The molecule has 1 atom stereocenters. The first-order valence-electron chi connectivity index (χ1n) is 10.2. The van der Waals surface area contributed by atoms with E-state index >= 15 is 0 Å². The molecular weight excluding hydrogens is 366 g/mol. The summed E-state index contributed by atoms with van der Waals surface area (Å²) in [4.78, 5) is 14.5. The van der Waals surface area contributed by atoms with Crippen LogP contribution in [0.25, 0.3) is 6.08 Å². The predicted octanol–water partition coefficient (Wildman–Crippen LogP) is 2.45. The number of fused-ring (bicyclic) bond motifs is 1. The number of benzene rings is 1. The average molecular weight is 398 g/mol. The van der Waals surface area contributed by atoms with Gasteiger partial charge in [0.1, 0.15) is 5.82 Å². The molecule has 1 unspecified atom stereocenters. The minimum absolute atomic E-state index is 0.0337. The summed E-state index contributed by atoms with van der Waals surface area (Å²) in [6, 6.07) is 10.2. The molecule has 0 bridgehead atoms. The fourth-order valence-corrected chi connectivity index (χ4v) is 3.67. The third-order valence-electron chi connectivity index (χ3n) is 5.13. The van der Waals surface area contributed by atoms with Crippen molar-refractivity contribution in [3.63, 3.8) is 0 Å². The van der Waals surface area contributed by atoms with Crippen molar-refractivity contribution in [2.75, 3.05) is 33.4 Å². The Kier molecular flexibility index (Phi) is 7.55. The SMILES string of the molecule is COCCC(=O)NC(C)c1nnc2n1CCN(C/C(C)=C/c1ccccc1)CC2. The first-order valence-corrected chi connectivity index (χ1v) is 10.2. The molecule has 1 N–H and O–H groups in total. The summed E-state index contributed by atoms with van der Waals surface area (Å²) in [6.07, 6.45) is 3.45. The Hall–Kier alpha value is -2.51. The molecule has 1 aliphatic heterocycles. The molecule has 0 saturated heterocycles. The van der Waals surface area contributed by atoms with Crippen molar-refractivity contribution in [2.45, 2.75) is 39.3 Å². The van der Waals surface area contributed by atoms with Gasteiger partial charge in [-0.1, -0.05) is 42.0 Å². The van der Waals surface area contributed by atoms with Crippen LogP contribution in [0.2, 0.25) is 0 Å². The minimum atomic E-state index is -0.174. The molecule has 29 heavy (non-hydrogen) atoms. The summed E-state index contributed by atoms with van der Waals surface area (Å²) >= 11 is 0. The van der Waals surface area contributed by atoms with E-state index in [0.717, 1.165) is 44.2 Å². The lowest BCUT2D eigenvalue weighted by molar-refractivity contribution is -0.122. The van der Waals surface area contributed by atoms with E-state index in [1.165, 1.54) is 11.1 Å². The molecule has 0 spiro atoms. The third-order valence-corrected chi connectivity index (χ3v) is 5.13. The Morgan fingerprint density at radius 1 is 1.24 bits per heavy atom. The number of hydrogen-bond donors (Lipinski definition) is 1. The van der Waals surface area contributed by atoms with E-state index in [9.17, 15) is 4.79 Å². The summed E-state index contributed by atoms with van der Waals surface area (Å²) in [5.74, 6) is 1.78. The maximum absolute atomic E-state index is 12.0. The van der Waals surface area contributed by atoms with E-state index in [-0.39, 0.29) is 11.9 Å². The molecule has 2 aromatic rings. The minimum Gasteiger partial charge on any atom is -0.384 e. The molecule has 1 aromatic heterocycles. The number of methoxy groups -OCH3 is 1. The molecule has 1 aromatic carbocycles. The Bertz CT molecular complexity index is 831. The quantitative estimate of drug-likeness (QED) is 0.741. The molecule has 0 saturated carbocycles. The Balaban J connectivity index is 1.59. The van der Waals surface area contributed by atoms with Gasteiger partial charge in [0, 0.05) is 46.1 Å². The summed E-state index contributed by atoms with van der Waals surface area (Å²) in [5.41, 5.74) is 2.57. The lowest BCUT2D eigenvalue weighted by Crippen LogP contribution is -2.31. The largest absolute Gasteiger partial charge is 0.384 e. The van der Waals surface area contributed by atoms with Gasteiger partial charge in [-0.3, -0.25) is 9.69 Å². The van der Waals surface area contributed by atoms with Crippen LogP contribution in [-0.4, -0.2) is 58.9 Å². The van der Waals surface area contributed by atoms with E-state index in [1.54, 1.807) is 7.11 Å². The number of hydrogen-bond acceptors (Lipinski definition) is 5. The van der Waals surface area contributed by atoms with Crippen molar-refractivity contribution in [1.29, 1.82) is 0 Å². The van der Waals surface area contributed by atoms with Gasteiger partial charge in [-0.2, -0.15) is 0 Å². The molecule has 3 rings (SSSR count). The normalized spacial score (nSPS) is 16.2. The van der Waals surface area contributed by atoms with Crippen molar-refractivity contribution >= 4 is 12.0 Å². The van der Waals surface area contributed by atoms with Crippen LogP contribution in [0.5, 0.6) is 0 Å². The molecule has 1 amide bonds. The van der Waals surface area contributed by atoms with Gasteiger partial charge in [-0.15, -0.1) is 10.2 Å². The summed E-state index contributed by atoms with van der Waals surface area (Å²) in [7, 11) is 1.59. The molecule has 2 heterocycles. The fourth-order valence-electron chi connectivity index (χ4n) is 3.67. The van der Waals surface area contributed by atoms with Gasteiger partial charge >= 0.3 is 0 Å². The average Bonchev–Trinajstić information content (AvgIpc) is 3.02. The summed E-state index contributed by atoms with van der Waals surface area (Å²) < 4.78 is 7.13. The maximum Gasteiger partial charge on any atom is 0.222 e. The van der Waals surface area contributed by atoms with Gasteiger partial charge in [-0.05, 0) is 19.4 Å². The Morgan fingerprint density at radius 3 is 2.79 bits per heavy atom. The number of nitrogens with one attached hydrogen (secondary N) is 1. The first kappa shape index (κ1) is 21.2. The zero-order valence-electron chi connectivity index (χ0n) is 17.6. The van der Waals surface area contributed by atoms with Crippen LogP contribution in [0.3, 0.4) is 0 Å². The van der Waals surface area contributed by atoms with Gasteiger partial charge in [-0.25, -0.2) is 0 Å². The lowest BCUT2D eigenvalue weighted by atomic mass is 10.1. The highest BCUT2D eigenvalue weighted by Gasteiger charge is 2.22. The van der Waals surface area contributed by atoms with Crippen LogP contribution < -0.4 is 5.32 Å². The number of rotatable bonds is 8. The topological polar surface area (TPSA) is 72.3 Å². The van der Waals surface area contributed by atoms with Gasteiger partial charge in [0.05, 0.1) is 12.6 Å². The number of carbonyl (C=O) groups is 1. The maximum atomic E-state index is 12.0. The van der Waals surface area contributed by atoms with Crippen molar-refractivity contribution in [3.05, 3.63) is 53.1 Å². The Labute approximate surface area is 172 Å². The molecular formula is C22H31N5O2. The first-order chi connectivity index (χ1) is 14.1. The summed E-state index contributed by atoms with van der Waals surface area (Å²) in [5, 5.41) is 11.7. The third kappa shape index (κ3) is 5.98. The number of carbonyl (C=O) groups excluding carboxylic acids is 1. The number of amides is 1. The van der Waals surface area contributed by atoms with Gasteiger partial charge < -0.3 is 14.6 Å². The van der Waals surface area contributed by atoms with Gasteiger partial charge in [0.25, 0.3) is 0 Å². The second-order valence-corrected chi connectivity index (χ2v) is 7.59. The second kappa shape index (κ2) is 10.3. The van der Waals surface area contributed by atoms with E-state index in [1.807, 2.05) is 13.0 Å². The zero-order chi connectivity index (χ0) is 20.6. The van der Waals surface area contributed by atoms with Crippen LogP contribution in [-0.2, 0) is 22.5 Å². The monoisotopic (exact) mass is 397 g/mol. The van der Waals surface area contributed by atoms with Crippen molar-refractivity contribution in [1.82, 2.24) is 25.0 Å². The molecule has 0 fully saturated rings. The van der Waals surface area contributed by atoms with Crippen LogP contribution in [0, 0.1) is 0 Å². The predicted molar refractivity (Wildman–Crippen MR) is 113 cm³/mol. The molecule has 7 nitrogen and oxygen atoms in total. The lowest BCUT2D eigenvalue weighted by Gasteiger charge is -2.20. The van der Waals surface area contributed by atoms with E-state index in [0.29, 0.717) is 13.0 Å². The number of nitrogens with zero attached hydrogens (tertiary/aromatic N) is 4. The van der Waals surface area contributed by atoms with Crippen LogP contribution in [0.15, 0.2) is 35.9 Å². The smallest absolute Gasteiger partial charge is 0.222 e. The van der Waals surface area contributed by atoms with Crippen molar-refractivity contribution < 1.29 is 9.53 Å². The zero-order valence-corrected chi connectivity index (χ0v) is 17.6. The van der Waals surface area contributed by atoms with Crippen LogP contribution in [0.1, 0.15) is 43.5 Å². The van der Waals surface area contributed by atoms with Crippen molar-refractivity contribution in [3.8, 4) is 0 Å². The summed E-state index contributed by atoms with van der Waals surface area (Å²) in [6.45, 7) is 8.20. The van der Waals surface area contributed by atoms with Gasteiger partial charge in [0.2, 0.25) is 5.91 Å². The van der Waals surface area contributed by atoms with E-state index in [4.69, 9.17) is 4.74 Å². The number of aromatic nitrogens is 3.